The van der Waals surface area contributed by atoms with Gasteiger partial charge < -0.3 is 13.9 Å². The second-order valence-electron chi connectivity index (χ2n) is 7.14. The first-order valence-electron chi connectivity index (χ1n) is 9.80. The van der Waals surface area contributed by atoms with E-state index in [2.05, 4.69) is 6.07 Å². The van der Waals surface area contributed by atoms with Crippen LogP contribution in [0.25, 0.3) is 11.0 Å². The summed E-state index contributed by atoms with van der Waals surface area (Å²) >= 11 is 0. The number of ether oxygens (including phenoxy) is 2. The lowest BCUT2D eigenvalue weighted by Crippen LogP contribution is -2.14. The fraction of sp³-hybridized carbons (Fsp3) is 0.333. The molecular formula is C24H26O5. The lowest BCUT2D eigenvalue weighted by Gasteiger charge is -2.13. The summed E-state index contributed by atoms with van der Waals surface area (Å²) in [5, 5.41) is 0.851. The van der Waals surface area contributed by atoms with Crippen molar-refractivity contribution in [2.45, 2.75) is 47.1 Å². The van der Waals surface area contributed by atoms with Gasteiger partial charge in [-0.1, -0.05) is 29.8 Å². The third-order valence-corrected chi connectivity index (χ3v) is 5.02. The molecule has 2 aromatic carbocycles. The predicted molar refractivity (Wildman–Crippen MR) is 112 cm³/mol. The Morgan fingerprint density at radius 1 is 1.07 bits per heavy atom. The number of rotatable bonds is 7. The van der Waals surface area contributed by atoms with Crippen LogP contribution in [0.3, 0.4) is 0 Å². The zero-order chi connectivity index (χ0) is 21.0. The highest BCUT2D eigenvalue weighted by atomic mass is 16.5. The number of hydrogen-bond donors (Lipinski definition) is 0. The largest absolute Gasteiger partial charge is 0.488 e. The molecule has 3 aromatic rings. The minimum absolute atomic E-state index is 0.154. The number of hydrogen-bond acceptors (Lipinski definition) is 5. The normalized spacial score (nSPS) is 10.9. The fourth-order valence-electron chi connectivity index (χ4n) is 3.44. The van der Waals surface area contributed by atoms with E-state index in [-0.39, 0.29) is 12.4 Å². The molecule has 0 N–H and O–H groups in total. The van der Waals surface area contributed by atoms with Crippen LogP contribution in [0.2, 0.25) is 0 Å². The number of esters is 1. The van der Waals surface area contributed by atoms with Gasteiger partial charge in [-0.25, -0.2) is 4.79 Å². The highest BCUT2D eigenvalue weighted by molar-refractivity contribution is 5.85. The molecule has 0 saturated carbocycles. The van der Waals surface area contributed by atoms with Crippen molar-refractivity contribution in [3.05, 3.63) is 74.6 Å². The molecule has 0 aliphatic heterocycles. The van der Waals surface area contributed by atoms with Crippen LogP contribution in [0.4, 0.5) is 0 Å². The Bertz CT molecular complexity index is 1090. The molecule has 0 unspecified atom stereocenters. The summed E-state index contributed by atoms with van der Waals surface area (Å²) in [6, 6.07) is 11.9. The summed E-state index contributed by atoms with van der Waals surface area (Å²) in [6.45, 7) is 8.33. The Morgan fingerprint density at radius 2 is 1.86 bits per heavy atom. The van der Waals surface area contributed by atoms with Gasteiger partial charge >= 0.3 is 11.6 Å². The van der Waals surface area contributed by atoms with Gasteiger partial charge in [-0.05, 0) is 57.4 Å². The summed E-state index contributed by atoms with van der Waals surface area (Å²) in [4.78, 5) is 24.2. The molecule has 0 bridgehead atoms. The van der Waals surface area contributed by atoms with E-state index in [0.29, 0.717) is 36.5 Å². The van der Waals surface area contributed by atoms with Crippen molar-refractivity contribution in [3.8, 4) is 5.75 Å². The average molecular weight is 394 g/mol. The van der Waals surface area contributed by atoms with Crippen molar-refractivity contribution in [1.29, 1.82) is 0 Å². The molecule has 5 heteroatoms. The lowest BCUT2D eigenvalue weighted by atomic mass is 10.0. The molecule has 5 nitrogen and oxygen atoms in total. The van der Waals surface area contributed by atoms with E-state index in [1.807, 2.05) is 51.1 Å². The van der Waals surface area contributed by atoms with Gasteiger partial charge in [0, 0.05) is 22.9 Å². The van der Waals surface area contributed by atoms with Crippen LogP contribution >= 0.6 is 0 Å². The quantitative estimate of drug-likeness (QED) is 0.426. The van der Waals surface area contributed by atoms with Crippen LogP contribution in [0.5, 0.6) is 5.75 Å². The Hall–Kier alpha value is -3.08. The van der Waals surface area contributed by atoms with Gasteiger partial charge in [0.15, 0.2) is 0 Å². The topological polar surface area (TPSA) is 65.7 Å². The first-order chi connectivity index (χ1) is 13.9. The Morgan fingerprint density at radius 3 is 2.59 bits per heavy atom. The van der Waals surface area contributed by atoms with Crippen molar-refractivity contribution in [1.82, 2.24) is 0 Å². The molecule has 0 radical (unpaired) electrons. The standard InChI is InChI=1S/C24H26O5/c1-5-27-22(25)12-10-20-16(3)19-9-11-21(17(4)23(19)29-24(20)26)28-14-18-8-6-7-15(2)13-18/h6-9,11,13H,5,10,12,14H2,1-4H3. The lowest BCUT2D eigenvalue weighted by molar-refractivity contribution is -0.143. The Balaban J connectivity index is 1.87. The molecule has 1 aromatic heterocycles. The van der Waals surface area contributed by atoms with Crippen LogP contribution in [0, 0.1) is 20.8 Å². The van der Waals surface area contributed by atoms with Crippen LogP contribution < -0.4 is 10.4 Å². The van der Waals surface area contributed by atoms with Gasteiger partial charge in [-0.2, -0.15) is 0 Å². The highest BCUT2D eigenvalue weighted by Gasteiger charge is 2.16. The number of carbonyl (C=O) groups excluding carboxylic acids is 1. The number of benzene rings is 2. The van der Waals surface area contributed by atoms with E-state index in [4.69, 9.17) is 13.9 Å². The van der Waals surface area contributed by atoms with Crippen molar-refractivity contribution < 1.29 is 18.7 Å². The molecule has 0 aliphatic rings. The van der Waals surface area contributed by atoms with Crippen LogP contribution in [0.15, 0.2) is 45.6 Å². The third kappa shape index (κ3) is 4.67. The van der Waals surface area contributed by atoms with Gasteiger partial charge in [0.1, 0.15) is 17.9 Å². The molecule has 152 valence electrons. The van der Waals surface area contributed by atoms with Gasteiger partial charge in [0.2, 0.25) is 0 Å². The first-order valence-corrected chi connectivity index (χ1v) is 9.80. The van der Waals surface area contributed by atoms with E-state index >= 15 is 0 Å². The zero-order valence-corrected chi connectivity index (χ0v) is 17.3. The number of aryl methyl sites for hydroxylation is 3. The minimum atomic E-state index is -0.418. The molecule has 0 atom stereocenters. The smallest absolute Gasteiger partial charge is 0.339 e. The molecule has 29 heavy (non-hydrogen) atoms. The molecule has 3 rings (SSSR count). The third-order valence-electron chi connectivity index (χ3n) is 5.02. The van der Waals surface area contributed by atoms with Crippen LogP contribution in [-0.2, 0) is 22.6 Å². The summed E-state index contributed by atoms with van der Waals surface area (Å²) in [5.41, 5.74) is 4.49. The van der Waals surface area contributed by atoms with E-state index in [1.165, 1.54) is 5.56 Å². The maximum absolute atomic E-state index is 12.5. The highest BCUT2D eigenvalue weighted by Crippen LogP contribution is 2.30. The van der Waals surface area contributed by atoms with Gasteiger partial charge in [-0.15, -0.1) is 0 Å². The molecule has 0 amide bonds. The van der Waals surface area contributed by atoms with Crippen molar-refractivity contribution in [2.75, 3.05) is 6.61 Å². The van der Waals surface area contributed by atoms with Crippen molar-refractivity contribution in [3.63, 3.8) is 0 Å². The van der Waals surface area contributed by atoms with Gasteiger partial charge in [-0.3, -0.25) is 4.79 Å². The second-order valence-corrected chi connectivity index (χ2v) is 7.14. The number of fused-ring (bicyclic) bond motifs is 1. The second kappa shape index (κ2) is 8.95. The molecular weight excluding hydrogens is 368 g/mol. The molecule has 0 spiro atoms. The summed E-state index contributed by atoms with van der Waals surface area (Å²) in [6.07, 6.45) is 0.454. The Kier molecular flexibility index (Phi) is 6.37. The monoisotopic (exact) mass is 394 g/mol. The van der Waals surface area contributed by atoms with E-state index < -0.39 is 5.63 Å². The van der Waals surface area contributed by atoms with Crippen LogP contribution in [0.1, 0.15) is 41.2 Å². The zero-order valence-electron chi connectivity index (χ0n) is 17.3. The average Bonchev–Trinajstić information content (AvgIpc) is 2.68. The molecule has 0 saturated heterocycles. The fourth-order valence-corrected chi connectivity index (χ4v) is 3.44. The van der Waals surface area contributed by atoms with Gasteiger partial charge in [0.05, 0.1) is 6.61 Å². The summed E-state index contributed by atoms with van der Waals surface area (Å²) in [5.74, 6) is 0.364. The summed E-state index contributed by atoms with van der Waals surface area (Å²) in [7, 11) is 0. The van der Waals surface area contributed by atoms with Gasteiger partial charge in [0.25, 0.3) is 0 Å². The summed E-state index contributed by atoms with van der Waals surface area (Å²) < 4.78 is 16.5. The first kappa shape index (κ1) is 20.6. The number of carbonyl (C=O) groups is 1. The maximum Gasteiger partial charge on any atom is 0.339 e. The van der Waals surface area contributed by atoms with E-state index in [9.17, 15) is 9.59 Å². The molecule has 0 aliphatic carbocycles. The van der Waals surface area contributed by atoms with Crippen molar-refractivity contribution >= 4 is 16.9 Å². The molecule has 1 heterocycles. The van der Waals surface area contributed by atoms with Crippen LogP contribution in [-0.4, -0.2) is 12.6 Å². The van der Waals surface area contributed by atoms with Crippen molar-refractivity contribution in [2.24, 2.45) is 0 Å². The van der Waals surface area contributed by atoms with E-state index in [0.717, 1.165) is 22.1 Å². The predicted octanol–water partition coefficient (Wildman–Crippen LogP) is 4.79. The van der Waals surface area contributed by atoms with E-state index in [1.54, 1.807) is 6.92 Å². The SMILES string of the molecule is CCOC(=O)CCc1c(C)c2ccc(OCc3cccc(C)c3)c(C)c2oc1=O. The molecule has 0 fully saturated rings. The maximum atomic E-state index is 12.5. The Labute approximate surface area is 170 Å². The minimum Gasteiger partial charge on any atom is -0.488 e.